The van der Waals surface area contributed by atoms with Gasteiger partial charge in [-0.25, -0.2) is 0 Å². The number of hydrogen-bond donors (Lipinski definition) is 1. The minimum atomic E-state index is 0.935. The first-order chi connectivity index (χ1) is 4.81. The van der Waals surface area contributed by atoms with Crippen LogP contribution in [0, 0.1) is 0 Å². The topological polar surface area (TPSA) is 12.0 Å². The van der Waals surface area contributed by atoms with Gasteiger partial charge in [-0.1, -0.05) is 0 Å². The molecule has 0 saturated heterocycles. The van der Waals surface area contributed by atoms with E-state index in [4.69, 9.17) is 0 Å². The second kappa shape index (κ2) is 6.94. The maximum Gasteiger partial charge on any atom is 0.0234 e. The van der Waals surface area contributed by atoms with Gasteiger partial charge < -0.3 is 5.32 Å². The number of thioether (sulfide) groups is 1. The summed E-state index contributed by atoms with van der Waals surface area (Å²) in [5.74, 6) is 1.06. The van der Waals surface area contributed by atoms with Gasteiger partial charge in [0.25, 0.3) is 0 Å². The summed E-state index contributed by atoms with van der Waals surface area (Å²) < 4.78 is 0. The van der Waals surface area contributed by atoms with E-state index in [1.54, 1.807) is 0 Å². The predicted molar refractivity (Wildman–Crippen MR) is 49.6 cm³/mol. The van der Waals surface area contributed by atoms with Crippen molar-refractivity contribution in [3.8, 4) is 0 Å². The first-order valence-corrected chi connectivity index (χ1v) is 4.74. The Hall–Kier alpha value is -0.170. The fourth-order valence-electron chi connectivity index (χ4n) is 0.615. The summed E-state index contributed by atoms with van der Waals surface area (Å²) in [5, 5.41) is 3.07. The maximum absolute atomic E-state index is 3.19. The Kier molecular flexibility index (Phi) is 6.83. The van der Waals surface area contributed by atoms with E-state index in [-0.39, 0.29) is 0 Å². The number of nitrogens with one attached hydrogen (secondary N) is 1. The molecule has 0 radical (unpaired) electrons. The minimum Gasteiger partial charge on any atom is -0.315 e. The third kappa shape index (κ3) is 5.96. The van der Waals surface area contributed by atoms with Crippen LogP contribution in [0.1, 0.15) is 6.92 Å². The smallest absolute Gasteiger partial charge is 0.0234 e. The van der Waals surface area contributed by atoms with Crippen molar-refractivity contribution in [2.45, 2.75) is 6.92 Å². The Morgan fingerprint density at radius 1 is 1.70 bits per heavy atom. The van der Waals surface area contributed by atoms with Crippen LogP contribution in [0.25, 0.3) is 0 Å². The first-order valence-electron chi connectivity index (χ1n) is 3.35. The maximum atomic E-state index is 3.19. The summed E-state index contributed by atoms with van der Waals surface area (Å²) in [6.45, 7) is 3.01. The van der Waals surface area contributed by atoms with Gasteiger partial charge in [0.05, 0.1) is 0 Å². The molecule has 0 spiro atoms. The molecule has 0 bridgehead atoms. The Morgan fingerprint density at radius 2 is 2.40 bits per heavy atom. The Morgan fingerprint density at radius 3 is 2.90 bits per heavy atom. The van der Waals surface area contributed by atoms with Gasteiger partial charge in [0.15, 0.2) is 0 Å². The van der Waals surface area contributed by atoms with Gasteiger partial charge in [0.2, 0.25) is 0 Å². The highest BCUT2D eigenvalue weighted by atomic mass is 32.2. The van der Waals surface area contributed by atoms with Gasteiger partial charge >= 0.3 is 0 Å². The van der Waals surface area contributed by atoms with Crippen LogP contribution < -0.4 is 5.32 Å². The molecule has 0 saturated carbocycles. The molecule has 0 rings (SSSR count). The largest absolute Gasteiger partial charge is 0.315 e. The molecule has 2 heteroatoms. The SMILES string of the molecule is CNCC(C)=C=CCSC. The van der Waals surface area contributed by atoms with Crippen LogP contribution in [0.5, 0.6) is 0 Å². The Balaban J connectivity index is 3.64. The Labute approximate surface area is 67.6 Å². The molecule has 0 unspecified atom stereocenters. The molecule has 0 aromatic carbocycles. The standard InChI is InChI=1S/C8H15NS/c1-8(7-9-2)5-4-6-10-3/h4,9H,6-7H2,1-3H3. The zero-order valence-corrected chi connectivity index (χ0v) is 7.72. The van der Waals surface area contributed by atoms with Crippen LogP contribution in [0.4, 0.5) is 0 Å². The van der Waals surface area contributed by atoms with Crippen molar-refractivity contribution in [1.29, 1.82) is 0 Å². The molecule has 0 atom stereocenters. The molecule has 0 amide bonds. The number of rotatable bonds is 4. The molecule has 0 aliphatic carbocycles. The van der Waals surface area contributed by atoms with E-state index in [2.05, 4.69) is 30.3 Å². The molecule has 0 aliphatic heterocycles. The van der Waals surface area contributed by atoms with E-state index < -0.39 is 0 Å². The predicted octanol–water partition coefficient (Wildman–Crippen LogP) is 1.67. The third-order valence-corrected chi connectivity index (χ3v) is 1.54. The summed E-state index contributed by atoms with van der Waals surface area (Å²) in [4.78, 5) is 0. The van der Waals surface area contributed by atoms with Gasteiger partial charge in [0, 0.05) is 12.3 Å². The normalized spacial score (nSPS) is 8.70. The fourth-order valence-corrected chi connectivity index (χ4v) is 0.865. The molecule has 10 heavy (non-hydrogen) atoms. The molecule has 0 heterocycles. The number of likely N-dealkylation sites (N-methyl/N-ethyl adjacent to an activating group) is 1. The summed E-state index contributed by atoms with van der Waals surface area (Å²) in [5.41, 5.74) is 4.45. The Bertz CT molecular complexity index is 134. The molecule has 1 N–H and O–H groups in total. The number of hydrogen-bond acceptors (Lipinski definition) is 2. The second-order valence-electron chi connectivity index (χ2n) is 2.11. The summed E-state index contributed by atoms with van der Waals surface area (Å²) in [6, 6.07) is 0. The minimum absolute atomic E-state index is 0.935. The van der Waals surface area contributed by atoms with Crippen molar-refractivity contribution in [3.63, 3.8) is 0 Å². The lowest BCUT2D eigenvalue weighted by molar-refractivity contribution is 0.881. The molecule has 0 aromatic heterocycles. The highest BCUT2D eigenvalue weighted by molar-refractivity contribution is 7.98. The second-order valence-corrected chi connectivity index (χ2v) is 3.03. The highest BCUT2D eigenvalue weighted by Gasteiger charge is 1.80. The van der Waals surface area contributed by atoms with Crippen LogP contribution in [-0.2, 0) is 0 Å². The zero-order chi connectivity index (χ0) is 7.82. The quantitative estimate of drug-likeness (QED) is 0.623. The first kappa shape index (κ1) is 9.83. The van der Waals surface area contributed by atoms with Crippen LogP contribution in [-0.4, -0.2) is 25.6 Å². The molecular formula is C8H15NS. The molecule has 0 aromatic rings. The fraction of sp³-hybridized carbons (Fsp3) is 0.625. The van der Waals surface area contributed by atoms with Gasteiger partial charge in [-0.05, 0) is 31.9 Å². The van der Waals surface area contributed by atoms with Crippen molar-refractivity contribution in [1.82, 2.24) is 5.32 Å². The van der Waals surface area contributed by atoms with Crippen LogP contribution in [0.2, 0.25) is 0 Å². The average Bonchev–Trinajstić information content (AvgIpc) is 1.89. The van der Waals surface area contributed by atoms with Crippen LogP contribution >= 0.6 is 11.8 Å². The summed E-state index contributed by atoms with van der Waals surface area (Å²) in [6.07, 6.45) is 4.16. The van der Waals surface area contributed by atoms with Crippen molar-refractivity contribution in [2.24, 2.45) is 0 Å². The van der Waals surface area contributed by atoms with Gasteiger partial charge in [0.1, 0.15) is 0 Å². The zero-order valence-electron chi connectivity index (χ0n) is 6.90. The van der Waals surface area contributed by atoms with E-state index in [0.29, 0.717) is 0 Å². The van der Waals surface area contributed by atoms with Gasteiger partial charge in [-0.3, -0.25) is 0 Å². The van der Waals surface area contributed by atoms with Crippen molar-refractivity contribution in [2.75, 3.05) is 25.6 Å². The van der Waals surface area contributed by atoms with Crippen molar-refractivity contribution < 1.29 is 0 Å². The van der Waals surface area contributed by atoms with Gasteiger partial charge in [-0.2, -0.15) is 11.8 Å². The summed E-state index contributed by atoms with van der Waals surface area (Å²) >= 11 is 1.81. The van der Waals surface area contributed by atoms with E-state index in [0.717, 1.165) is 12.3 Å². The summed E-state index contributed by atoms with van der Waals surface area (Å²) in [7, 11) is 1.94. The van der Waals surface area contributed by atoms with Crippen LogP contribution in [0.3, 0.4) is 0 Å². The van der Waals surface area contributed by atoms with Crippen molar-refractivity contribution in [3.05, 3.63) is 17.4 Å². The molecule has 0 fully saturated rings. The molecule has 0 aliphatic rings. The van der Waals surface area contributed by atoms with Crippen LogP contribution in [0.15, 0.2) is 17.4 Å². The van der Waals surface area contributed by atoms with Gasteiger partial charge in [-0.15, -0.1) is 5.73 Å². The third-order valence-electron chi connectivity index (χ3n) is 1.04. The monoisotopic (exact) mass is 157 g/mol. The molecule has 1 nitrogen and oxygen atoms in total. The van der Waals surface area contributed by atoms with E-state index >= 15 is 0 Å². The van der Waals surface area contributed by atoms with E-state index in [1.807, 2.05) is 18.8 Å². The average molecular weight is 157 g/mol. The lowest BCUT2D eigenvalue weighted by Gasteiger charge is -1.92. The molecular weight excluding hydrogens is 142 g/mol. The highest BCUT2D eigenvalue weighted by Crippen LogP contribution is 1.91. The lowest BCUT2D eigenvalue weighted by atomic mass is 10.3. The lowest BCUT2D eigenvalue weighted by Crippen LogP contribution is -2.07. The molecule has 58 valence electrons. The van der Waals surface area contributed by atoms with E-state index in [9.17, 15) is 0 Å². The van der Waals surface area contributed by atoms with E-state index in [1.165, 1.54) is 5.57 Å². The van der Waals surface area contributed by atoms with Crippen molar-refractivity contribution >= 4 is 11.8 Å².